The predicted molar refractivity (Wildman–Crippen MR) is 125 cm³/mol. The molecule has 188 valence electrons. The summed E-state index contributed by atoms with van der Waals surface area (Å²) < 4.78 is 41.2. The number of carbonyl (C=O) groups is 2. The fraction of sp³-hybridized carbons (Fsp3) is 0.917. The van der Waals surface area contributed by atoms with Crippen LogP contribution in [0, 0.1) is 0 Å². The minimum Gasteiger partial charge on any atom is -0.747 e. The van der Waals surface area contributed by atoms with Crippen molar-refractivity contribution in [1.82, 2.24) is 0 Å². The normalized spacial score (nSPS) is 17.9. The van der Waals surface area contributed by atoms with E-state index in [9.17, 15) is 22.6 Å². The van der Waals surface area contributed by atoms with E-state index in [-0.39, 0.29) is 46.6 Å². The topological polar surface area (TPSA) is 101 Å². The van der Waals surface area contributed by atoms with Gasteiger partial charge >= 0.3 is 41.4 Å². The second-order valence-corrected chi connectivity index (χ2v) is 10.7. The summed E-state index contributed by atoms with van der Waals surface area (Å²) in [6.45, 7) is 7.40. The summed E-state index contributed by atoms with van der Waals surface area (Å²) >= 11 is 0. The Morgan fingerprint density at radius 3 is 1.73 bits per heavy atom. The molecule has 1 amide bonds. The minimum atomic E-state index is -4.99. The zero-order valence-corrected chi connectivity index (χ0v) is 24.3. The van der Waals surface area contributed by atoms with E-state index in [2.05, 4.69) is 20.8 Å². The summed E-state index contributed by atoms with van der Waals surface area (Å²) in [5, 5.41) is -1.92. The quantitative estimate of drug-likeness (QED) is 0.0632. The SMILES string of the molecule is CCCCCCCCOC(=O)C(C1C(=O)[N+]1(CCCCCC)CCCCCC)S(=O)(=O)[O-].[Na+]. The van der Waals surface area contributed by atoms with Gasteiger partial charge in [0.05, 0.1) is 19.7 Å². The molecule has 0 aromatic rings. The molecule has 0 radical (unpaired) electrons. The number of nitrogens with zero attached hydrogens (tertiary/aromatic N) is 1. The van der Waals surface area contributed by atoms with Crippen LogP contribution in [0.5, 0.6) is 0 Å². The summed E-state index contributed by atoms with van der Waals surface area (Å²) in [4.78, 5) is 25.5. The number of unbranched alkanes of at least 4 members (excludes halogenated alkanes) is 11. The molecule has 1 saturated heterocycles. The fourth-order valence-corrected chi connectivity index (χ4v) is 5.51. The standard InChI is InChI=1S/C24H45NO6S.Na/c1-4-7-10-13-14-17-20-31-24(27)22(32(28,29)30)21-23(26)25(21,18-15-11-8-5-2)19-16-12-9-6-3;/h21-22H,4-20H2,1-3H3;/q;+1. The molecule has 1 fully saturated rings. The van der Waals surface area contributed by atoms with E-state index < -0.39 is 27.4 Å². The van der Waals surface area contributed by atoms with Crippen LogP contribution in [0.2, 0.25) is 0 Å². The Kier molecular flexibility index (Phi) is 17.4. The second kappa shape index (κ2) is 17.4. The average Bonchev–Trinajstić information content (AvgIpc) is 3.29. The van der Waals surface area contributed by atoms with Gasteiger partial charge in [0.1, 0.15) is 10.1 Å². The molecule has 0 aromatic carbocycles. The van der Waals surface area contributed by atoms with E-state index in [1.54, 1.807) is 0 Å². The van der Waals surface area contributed by atoms with Crippen molar-refractivity contribution in [3.63, 3.8) is 0 Å². The molecule has 1 aliphatic rings. The summed E-state index contributed by atoms with van der Waals surface area (Å²) in [7, 11) is -4.99. The summed E-state index contributed by atoms with van der Waals surface area (Å²) in [6.07, 6.45) is 13.6. The van der Waals surface area contributed by atoms with Crippen molar-refractivity contribution < 1.29 is 61.3 Å². The van der Waals surface area contributed by atoms with Crippen molar-refractivity contribution in [3.05, 3.63) is 0 Å². The van der Waals surface area contributed by atoms with Gasteiger partial charge in [-0.1, -0.05) is 78.6 Å². The Labute approximate surface area is 224 Å². The predicted octanol–water partition coefficient (Wildman–Crippen LogP) is 1.69. The maximum absolute atomic E-state index is 12.9. The van der Waals surface area contributed by atoms with E-state index in [1.165, 1.54) is 0 Å². The first-order valence-electron chi connectivity index (χ1n) is 12.8. The van der Waals surface area contributed by atoms with E-state index in [0.29, 0.717) is 19.5 Å². The van der Waals surface area contributed by atoms with Crippen LogP contribution in [0.15, 0.2) is 0 Å². The number of rotatable bonds is 20. The van der Waals surface area contributed by atoms with Gasteiger partial charge in [-0.25, -0.2) is 17.7 Å². The van der Waals surface area contributed by atoms with E-state index in [1.807, 2.05) is 0 Å². The minimum absolute atomic E-state index is 0. The Bertz CT molecular complexity index is 658. The molecule has 1 rings (SSSR count). The Morgan fingerprint density at radius 1 is 0.848 bits per heavy atom. The Morgan fingerprint density at radius 2 is 1.27 bits per heavy atom. The molecular formula is C24H45NNaO6S+. The molecule has 2 atom stereocenters. The van der Waals surface area contributed by atoms with E-state index in [4.69, 9.17) is 4.74 Å². The molecule has 0 bridgehead atoms. The van der Waals surface area contributed by atoms with Crippen LogP contribution >= 0.6 is 0 Å². The summed E-state index contributed by atoms with van der Waals surface area (Å²) in [5.74, 6) is -1.34. The van der Waals surface area contributed by atoms with E-state index in [0.717, 1.165) is 83.5 Å². The van der Waals surface area contributed by atoms with Crippen LogP contribution < -0.4 is 29.6 Å². The molecule has 2 unspecified atom stereocenters. The van der Waals surface area contributed by atoms with Gasteiger partial charge in [-0.15, -0.1) is 0 Å². The van der Waals surface area contributed by atoms with Gasteiger partial charge in [-0.2, -0.15) is 0 Å². The third-order valence-corrected chi connectivity index (χ3v) is 7.62. The van der Waals surface area contributed by atoms with Gasteiger partial charge in [0.25, 0.3) is 0 Å². The first kappa shape index (κ1) is 33.0. The molecule has 1 aliphatic heterocycles. The number of hydrogen-bond acceptors (Lipinski definition) is 6. The van der Waals surface area contributed by atoms with Gasteiger partial charge < -0.3 is 9.29 Å². The number of quaternary nitrogens is 1. The van der Waals surface area contributed by atoms with Crippen molar-refractivity contribution in [2.75, 3.05) is 19.7 Å². The number of ether oxygens (including phenoxy) is 1. The number of hydrogen-bond donors (Lipinski definition) is 0. The van der Waals surface area contributed by atoms with Gasteiger partial charge in [0.2, 0.25) is 11.3 Å². The van der Waals surface area contributed by atoms with Crippen LogP contribution in [0.25, 0.3) is 0 Å². The van der Waals surface area contributed by atoms with Crippen molar-refractivity contribution >= 4 is 22.0 Å². The molecule has 7 nitrogen and oxygen atoms in total. The first-order chi connectivity index (χ1) is 15.3. The monoisotopic (exact) mass is 498 g/mol. The number of esters is 1. The van der Waals surface area contributed by atoms with Gasteiger partial charge in [-0.3, -0.25) is 4.79 Å². The molecule has 33 heavy (non-hydrogen) atoms. The fourth-order valence-electron chi connectivity index (χ4n) is 4.54. The molecule has 0 N–H and O–H groups in total. The van der Waals surface area contributed by atoms with Crippen LogP contribution in [-0.2, 0) is 24.4 Å². The third kappa shape index (κ3) is 11.1. The van der Waals surface area contributed by atoms with Crippen molar-refractivity contribution in [1.29, 1.82) is 0 Å². The number of carbonyl (C=O) groups excluding carboxylic acids is 2. The molecule has 0 saturated carbocycles. The average molecular weight is 499 g/mol. The smallest absolute Gasteiger partial charge is 0.747 e. The second-order valence-electron chi connectivity index (χ2n) is 9.23. The van der Waals surface area contributed by atoms with Crippen LogP contribution in [0.3, 0.4) is 0 Å². The number of amides is 1. The summed E-state index contributed by atoms with van der Waals surface area (Å²) in [6, 6.07) is -1.10. The maximum Gasteiger partial charge on any atom is 1.00 e. The molecule has 0 spiro atoms. The van der Waals surface area contributed by atoms with Crippen LogP contribution in [0.1, 0.15) is 111 Å². The molecule has 1 heterocycles. The van der Waals surface area contributed by atoms with Crippen molar-refractivity contribution in [3.8, 4) is 0 Å². The third-order valence-electron chi connectivity index (χ3n) is 6.55. The van der Waals surface area contributed by atoms with E-state index >= 15 is 0 Å². The Balaban J connectivity index is 0.0000102. The van der Waals surface area contributed by atoms with Crippen molar-refractivity contribution in [2.24, 2.45) is 0 Å². The zero-order valence-electron chi connectivity index (χ0n) is 21.5. The zero-order chi connectivity index (χ0) is 24.0. The molecular weight excluding hydrogens is 453 g/mol. The summed E-state index contributed by atoms with van der Waals surface area (Å²) in [5.41, 5.74) is 0. The first-order valence-corrected chi connectivity index (χ1v) is 14.3. The Hall–Kier alpha value is 0.01000. The maximum atomic E-state index is 12.9. The van der Waals surface area contributed by atoms with Gasteiger partial charge in [-0.05, 0) is 32.1 Å². The molecule has 9 heteroatoms. The molecule has 0 aromatic heterocycles. The van der Waals surface area contributed by atoms with Gasteiger partial charge in [0.15, 0.2) is 0 Å². The van der Waals surface area contributed by atoms with Gasteiger partial charge in [0, 0.05) is 0 Å². The largest absolute Gasteiger partial charge is 1.00 e. The van der Waals surface area contributed by atoms with Crippen molar-refractivity contribution in [2.45, 2.75) is 122 Å². The van der Waals surface area contributed by atoms with Crippen LogP contribution in [0.4, 0.5) is 0 Å². The molecule has 0 aliphatic carbocycles. The van der Waals surface area contributed by atoms with Crippen LogP contribution in [-0.4, -0.2) is 60.3 Å².